The van der Waals surface area contributed by atoms with Crippen molar-refractivity contribution in [3.8, 4) is 0 Å². The average molecular weight is 141 g/mol. The smallest absolute Gasteiger partial charge is 0.0698 e. The van der Waals surface area contributed by atoms with Crippen LogP contribution in [0, 0.1) is 0 Å². The van der Waals surface area contributed by atoms with E-state index >= 15 is 0 Å². The molecule has 2 heteroatoms. The van der Waals surface area contributed by atoms with E-state index in [0.717, 1.165) is 13.0 Å². The monoisotopic (exact) mass is 141 g/mol. The Hall–Kier alpha value is -0.0800. The van der Waals surface area contributed by atoms with Crippen LogP contribution < -0.4 is 5.73 Å². The van der Waals surface area contributed by atoms with E-state index in [2.05, 4.69) is 0 Å². The first kappa shape index (κ1) is 6.62. The van der Waals surface area contributed by atoms with E-state index in [1.807, 2.05) is 0 Å². The lowest BCUT2D eigenvalue weighted by molar-refractivity contribution is 0.00950. The molecule has 0 radical (unpaired) electrons. The molecule has 2 fully saturated rings. The largest absolute Gasteiger partial charge is 0.375 e. The van der Waals surface area contributed by atoms with Crippen molar-refractivity contribution in [3.05, 3.63) is 0 Å². The molecule has 0 aromatic heterocycles. The number of rotatable bonds is 0. The van der Waals surface area contributed by atoms with E-state index in [-0.39, 0.29) is 5.60 Å². The van der Waals surface area contributed by atoms with Crippen molar-refractivity contribution < 1.29 is 4.74 Å². The van der Waals surface area contributed by atoms with Crippen molar-refractivity contribution in [1.82, 2.24) is 0 Å². The Kier molecular flexibility index (Phi) is 1.46. The van der Waals surface area contributed by atoms with Gasteiger partial charge in [0.15, 0.2) is 0 Å². The first-order chi connectivity index (χ1) is 4.81. The summed E-state index contributed by atoms with van der Waals surface area (Å²) in [5, 5.41) is 0. The molecule has 0 aromatic rings. The second-order valence-electron chi connectivity index (χ2n) is 3.64. The van der Waals surface area contributed by atoms with Crippen molar-refractivity contribution in [3.63, 3.8) is 0 Å². The van der Waals surface area contributed by atoms with Gasteiger partial charge in [-0.25, -0.2) is 0 Å². The van der Waals surface area contributed by atoms with Crippen LogP contribution in [0.1, 0.15) is 32.1 Å². The minimum atomic E-state index is 0.236. The average Bonchev–Trinajstić information content (AvgIpc) is 2.46. The molecule has 2 rings (SSSR count). The summed E-state index contributed by atoms with van der Waals surface area (Å²) in [7, 11) is 0. The Morgan fingerprint density at radius 1 is 1.40 bits per heavy atom. The Bertz CT molecular complexity index is 129. The second-order valence-corrected chi connectivity index (χ2v) is 3.64. The quantitative estimate of drug-likeness (QED) is 0.547. The van der Waals surface area contributed by atoms with Crippen molar-refractivity contribution in [2.75, 3.05) is 6.61 Å². The van der Waals surface area contributed by atoms with E-state index in [9.17, 15) is 0 Å². The first-order valence-electron chi connectivity index (χ1n) is 4.20. The van der Waals surface area contributed by atoms with Crippen LogP contribution >= 0.6 is 0 Å². The summed E-state index contributed by atoms with van der Waals surface area (Å²) < 4.78 is 5.69. The molecule has 1 spiro atoms. The molecule has 1 aliphatic heterocycles. The molecule has 2 nitrogen and oxygen atoms in total. The third-order valence-electron chi connectivity index (χ3n) is 2.79. The lowest BCUT2D eigenvalue weighted by Gasteiger charge is -2.21. The highest BCUT2D eigenvalue weighted by Crippen LogP contribution is 2.40. The summed E-state index contributed by atoms with van der Waals surface area (Å²) >= 11 is 0. The fourth-order valence-electron chi connectivity index (χ4n) is 2.24. The van der Waals surface area contributed by atoms with Crippen LogP contribution in [-0.2, 0) is 4.74 Å². The molecule has 1 unspecified atom stereocenters. The zero-order valence-electron chi connectivity index (χ0n) is 6.31. The predicted octanol–water partition coefficient (Wildman–Crippen LogP) is 1.05. The molecule has 2 N–H and O–H groups in total. The summed E-state index contributed by atoms with van der Waals surface area (Å²) in [5.41, 5.74) is 6.04. The molecule has 2 atom stereocenters. The molecule has 0 aromatic carbocycles. The molecular weight excluding hydrogens is 126 g/mol. The SMILES string of the molecule is NC1CC[C@]2(CCCO2)C1. The Balaban J connectivity index is 2.03. The summed E-state index contributed by atoms with van der Waals surface area (Å²) in [6, 6.07) is 0.415. The van der Waals surface area contributed by atoms with Crippen LogP contribution in [0.2, 0.25) is 0 Å². The highest BCUT2D eigenvalue weighted by atomic mass is 16.5. The van der Waals surface area contributed by atoms with Gasteiger partial charge in [-0.05, 0) is 32.1 Å². The van der Waals surface area contributed by atoms with E-state index in [0.29, 0.717) is 6.04 Å². The standard InChI is InChI=1S/C8H15NO/c9-7-2-4-8(6-7)3-1-5-10-8/h7H,1-6,9H2/t7?,8-/m1/s1. The maximum atomic E-state index is 5.81. The zero-order chi connectivity index (χ0) is 7.03. The van der Waals surface area contributed by atoms with Gasteiger partial charge in [-0.2, -0.15) is 0 Å². The third kappa shape index (κ3) is 0.956. The van der Waals surface area contributed by atoms with Crippen molar-refractivity contribution >= 4 is 0 Å². The maximum Gasteiger partial charge on any atom is 0.0698 e. The topological polar surface area (TPSA) is 35.2 Å². The van der Waals surface area contributed by atoms with Gasteiger partial charge in [0.25, 0.3) is 0 Å². The number of ether oxygens (including phenoxy) is 1. The molecule has 10 heavy (non-hydrogen) atoms. The minimum absolute atomic E-state index is 0.236. The molecule has 1 saturated carbocycles. The van der Waals surface area contributed by atoms with Gasteiger partial charge in [0.1, 0.15) is 0 Å². The normalized spacial score (nSPS) is 47.1. The predicted molar refractivity (Wildman–Crippen MR) is 39.7 cm³/mol. The minimum Gasteiger partial charge on any atom is -0.375 e. The fraction of sp³-hybridized carbons (Fsp3) is 1.00. The molecule has 58 valence electrons. The molecule has 0 bridgehead atoms. The second kappa shape index (κ2) is 2.21. The summed E-state index contributed by atoms with van der Waals surface area (Å²) in [5.74, 6) is 0. The third-order valence-corrected chi connectivity index (χ3v) is 2.79. The molecule has 1 heterocycles. The van der Waals surface area contributed by atoms with Crippen LogP contribution in [0.15, 0.2) is 0 Å². The van der Waals surface area contributed by atoms with Crippen molar-refractivity contribution in [2.45, 2.75) is 43.7 Å². The van der Waals surface area contributed by atoms with Crippen LogP contribution in [0.4, 0.5) is 0 Å². The molecule has 1 saturated heterocycles. The van der Waals surface area contributed by atoms with Crippen LogP contribution in [0.3, 0.4) is 0 Å². The van der Waals surface area contributed by atoms with Crippen LogP contribution in [0.25, 0.3) is 0 Å². The Labute approximate surface area is 61.7 Å². The van der Waals surface area contributed by atoms with Gasteiger partial charge in [-0.1, -0.05) is 0 Å². The van der Waals surface area contributed by atoms with Crippen LogP contribution in [0.5, 0.6) is 0 Å². The molecule has 1 aliphatic carbocycles. The lowest BCUT2D eigenvalue weighted by atomic mass is 9.98. The van der Waals surface area contributed by atoms with E-state index in [1.54, 1.807) is 0 Å². The number of nitrogens with two attached hydrogens (primary N) is 1. The lowest BCUT2D eigenvalue weighted by Crippen LogP contribution is -2.26. The van der Waals surface area contributed by atoms with Crippen molar-refractivity contribution in [1.29, 1.82) is 0 Å². The van der Waals surface area contributed by atoms with Crippen molar-refractivity contribution in [2.24, 2.45) is 5.73 Å². The summed E-state index contributed by atoms with van der Waals surface area (Å²) in [6.45, 7) is 0.965. The number of hydrogen-bond donors (Lipinski definition) is 1. The highest BCUT2D eigenvalue weighted by Gasteiger charge is 2.40. The number of hydrogen-bond acceptors (Lipinski definition) is 2. The van der Waals surface area contributed by atoms with E-state index in [1.165, 1.54) is 25.7 Å². The Morgan fingerprint density at radius 3 is 2.80 bits per heavy atom. The summed E-state index contributed by atoms with van der Waals surface area (Å²) in [6.07, 6.45) is 5.97. The van der Waals surface area contributed by atoms with Gasteiger partial charge in [0.05, 0.1) is 5.60 Å². The Morgan fingerprint density at radius 2 is 2.30 bits per heavy atom. The van der Waals surface area contributed by atoms with Gasteiger partial charge in [0, 0.05) is 12.6 Å². The highest BCUT2D eigenvalue weighted by molar-refractivity contribution is 4.95. The molecular formula is C8H15NO. The van der Waals surface area contributed by atoms with Crippen LogP contribution in [-0.4, -0.2) is 18.2 Å². The molecule has 2 aliphatic rings. The zero-order valence-corrected chi connectivity index (χ0v) is 6.31. The van der Waals surface area contributed by atoms with Gasteiger partial charge in [-0.15, -0.1) is 0 Å². The summed E-state index contributed by atoms with van der Waals surface area (Å²) in [4.78, 5) is 0. The van der Waals surface area contributed by atoms with Gasteiger partial charge >= 0.3 is 0 Å². The van der Waals surface area contributed by atoms with E-state index < -0.39 is 0 Å². The fourth-order valence-corrected chi connectivity index (χ4v) is 2.24. The molecule has 0 amide bonds. The first-order valence-corrected chi connectivity index (χ1v) is 4.20. The van der Waals surface area contributed by atoms with Gasteiger partial charge < -0.3 is 10.5 Å². The van der Waals surface area contributed by atoms with E-state index in [4.69, 9.17) is 10.5 Å². The van der Waals surface area contributed by atoms with Gasteiger partial charge in [0.2, 0.25) is 0 Å². The maximum absolute atomic E-state index is 5.81. The van der Waals surface area contributed by atoms with Gasteiger partial charge in [-0.3, -0.25) is 0 Å².